The molecule has 0 N–H and O–H groups in total. The lowest BCUT2D eigenvalue weighted by Crippen LogP contribution is -2.32. The molecule has 0 radical (unpaired) electrons. The van der Waals surface area contributed by atoms with Crippen LogP contribution < -0.4 is 4.90 Å². The smallest absolute Gasteiger partial charge is 0.160 e. The lowest BCUT2D eigenvalue weighted by Gasteiger charge is -2.27. The molecule has 0 saturated heterocycles. The van der Waals surface area contributed by atoms with Crippen molar-refractivity contribution < 1.29 is 4.79 Å². The van der Waals surface area contributed by atoms with Crippen molar-refractivity contribution in [3.63, 3.8) is 0 Å². The number of nitrogens with zero attached hydrogens (tertiary/aromatic N) is 1. The molecule has 1 aromatic rings. The Morgan fingerprint density at radius 2 is 2.33 bits per heavy atom. The number of hydrogen-bond donors (Lipinski definition) is 0. The van der Waals surface area contributed by atoms with Gasteiger partial charge in [0.15, 0.2) is 6.29 Å². The van der Waals surface area contributed by atoms with Crippen LogP contribution in [0.1, 0.15) is 36.4 Å². The maximum atomic E-state index is 10.6. The average Bonchev–Trinajstić information content (AvgIpc) is 2.91. The van der Waals surface area contributed by atoms with Crippen molar-refractivity contribution in [3.8, 4) is 0 Å². The fraction of sp³-hybridized carbons (Fsp3) is 0.583. The van der Waals surface area contributed by atoms with Gasteiger partial charge in [0.25, 0.3) is 0 Å². The van der Waals surface area contributed by atoms with Crippen LogP contribution in [0.2, 0.25) is 0 Å². The summed E-state index contributed by atoms with van der Waals surface area (Å²) in [5, 5.41) is 2.09. The van der Waals surface area contributed by atoms with Crippen LogP contribution in [-0.2, 0) is 0 Å². The van der Waals surface area contributed by atoms with E-state index < -0.39 is 0 Å². The topological polar surface area (TPSA) is 20.3 Å². The van der Waals surface area contributed by atoms with Crippen LogP contribution in [0.15, 0.2) is 11.4 Å². The van der Waals surface area contributed by atoms with E-state index in [4.69, 9.17) is 0 Å². The molecule has 1 aromatic heterocycles. The van der Waals surface area contributed by atoms with Crippen LogP contribution in [0, 0.1) is 5.92 Å². The van der Waals surface area contributed by atoms with Crippen LogP contribution in [0.25, 0.3) is 0 Å². The highest BCUT2D eigenvalue weighted by atomic mass is 32.1. The van der Waals surface area contributed by atoms with Crippen molar-refractivity contribution in [2.45, 2.75) is 32.7 Å². The lowest BCUT2D eigenvalue weighted by molar-refractivity contribution is 0.112. The van der Waals surface area contributed by atoms with Gasteiger partial charge in [0.1, 0.15) is 0 Å². The van der Waals surface area contributed by atoms with Crippen molar-refractivity contribution in [2.75, 3.05) is 11.4 Å². The fourth-order valence-electron chi connectivity index (χ4n) is 1.75. The fourth-order valence-corrected chi connectivity index (χ4v) is 2.45. The quantitative estimate of drug-likeness (QED) is 0.714. The molecule has 2 rings (SSSR count). The van der Waals surface area contributed by atoms with Crippen molar-refractivity contribution in [3.05, 3.63) is 16.3 Å². The van der Waals surface area contributed by atoms with Gasteiger partial charge in [0.05, 0.1) is 4.88 Å². The first-order chi connectivity index (χ1) is 7.20. The molecular weight excluding hydrogens is 206 g/mol. The van der Waals surface area contributed by atoms with Crippen molar-refractivity contribution in [1.29, 1.82) is 0 Å². The molecule has 0 unspecified atom stereocenters. The van der Waals surface area contributed by atoms with E-state index in [-0.39, 0.29) is 0 Å². The zero-order chi connectivity index (χ0) is 10.8. The Bertz CT molecular complexity index is 341. The second-order valence-corrected chi connectivity index (χ2v) is 5.46. The largest absolute Gasteiger partial charge is 0.368 e. The molecule has 0 amide bonds. The van der Waals surface area contributed by atoms with Crippen LogP contribution in [-0.4, -0.2) is 18.9 Å². The highest BCUT2D eigenvalue weighted by Crippen LogP contribution is 2.33. The molecule has 0 aliphatic heterocycles. The average molecular weight is 223 g/mol. The van der Waals surface area contributed by atoms with Gasteiger partial charge in [-0.15, -0.1) is 11.3 Å². The van der Waals surface area contributed by atoms with Gasteiger partial charge in [-0.25, -0.2) is 0 Å². The first-order valence-corrected chi connectivity index (χ1v) is 6.39. The lowest BCUT2D eigenvalue weighted by atomic mass is 10.2. The van der Waals surface area contributed by atoms with Gasteiger partial charge in [-0.3, -0.25) is 4.79 Å². The summed E-state index contributed by atoms with van der Waals surface area (Å²) in [5.41, 5.74) is 1.21. The number of thiophene rings is 1. The molecule has 3 heteroatoms. The third-order valence-electron chi connectivity index (χ3n) is 2.83. The predicted octanol–water partition coefficient (Wildman–Crippen LogP) is 3.19. The number of hydrogen-bond acceptors (Lipinski definition) is 3. The van der Waals surface area contributed by atoms with Gasteiger partial charge < -0.3 is 4.90 Å². The molecule has 82 valence electrons. The van der Waals surface area contributed by atoms with E-state index in [0.29, 0.717) is 6.04 Å². The van der Waals surface area contributed by atoms with Crippen molar-refractivity contribution in [1.82, 2.24) is 0 Å². The second kappa shape index (κ2) is 4.35. The van der Waals surface area contributed by atoms with E-state index in [2.05, 4.69) is 24.1 Å². The Morgan fingerprint density at radius 1 is 1.60 bits per heavy atom. The number of rotatable bonds is 5. The highest BCUT2D eigenvalue weighted by Gasteiger charge is 2.26. The summed E-state index contributed by atoms with van der Waals surface area (Å²) in [7, 11) is 0. The van der Waals surface area contributed by atoms with E-state index >= 15 is 0 Å². The summed E-state index contributed by atoms with van der Waals surface area (Å²) in [5.74, 6) is 0.881. The predicted molar refractivity (Wildman–Crippen MR) is 64.9 cm³/mol. The standard InChI is InChI=1S/C12H17NOS/c1-9(2)13(6-10-3-4-10)11-5-12(7-14)15-8-11/h5,7-10H,3-4,6H2,1-2H3. The summed E-state index contributed by atoms with van der Waals surface area (Å²) in [6.07, 6.45) is 3.67. The first-order valence-electron chi connectivity index (χ1n) is 5.51. The first kappa shape index (κ1) is 10.7. The maximum absolute atomic E-state index is 10.6. The summed E-state index contributed by atoms with van der Waals surface area (Å²) in [6.45, 7) is 5.56. The molecule has 1 heterocycles. The van der Waals surface area contributed by atoms with Gasteiger partial charge >= 0.3 is 0 Å². The third-order valence-corrected chi connectivity index (χ3v) is 3.67. The maximum Gasteiger partial charge on any atom is 0.160 e. The summed E-state index contributed by atoms with van der Waals surface area (Å²) >= 11 is 1.53. The van der Waals surface area contributed by atoms with Gasteiger partial charge in [-0.05, 0) is 38.7 Å². The zero-order valence-corrected chi connectivity index (χ0v) is 10.1. The van der Waals surface area contributed by atoms with Crippen LogP contribution >= 0.6 is 11.3 Å². The van der Waals surface area contributed by atoms with E-state index in [1.165, 1.54) is 29.9 Å². The molecule has 1 aliphatic carbocycles. The number of carbonyl (C=O) groups is 1. The molecule has 15 heavy (non-hydrogen) atoms. The molecule has 0 spiro atoms. The normalized spacial score (nSPS) is 15.7. The van der Waals surface area contributed by atoms with Crippen LogP contribution in [0.3, 0.4) is 0 Å². The summed E-state index contributed by atoms with van der Waals surface area (Å²) in [4.78, 5) is 13.9. The molecule has 0 aromatic carbocycles. The minimum Gasteiger partial charge on any atom is -0.368 e. The highest BCUT2D eigenvalue weighted by molar-refractivity contribution is 7.12. The number of aldehydes is 1. The van der Waals surface area contributed by atoms with Crippen LogP contribution in [0.5, 0.6) is 0 Å². The monoisotopic (exact) mass is 223 g/mol. The van der Waals surface area contributed by atoms with Gasteiger partial charge in [0.2, 0.25) is 0 Å². The molecule has 1 saturated carbocycles. The van der Waals surface area contributed by atoms with Crippen molar-refractivity contribution in [2.24, 2.45) is 5.92 Å². The Labute approximate surface area is 94.9 Å². The van der Waals surface area contributed by atoms with Crippen LogP contribution in [0.4, 0.5) is 5.69 Å². The summed E-state index contributed by atoms with van der Waals surface area (Å²) < 4.78 is 0. The minimum atomic E-state index is 0.514. The minimum absolute atomic E-state index is 0.514. The number of carbonyl (C=O) groups excluding carboxylic acids is 1. The van der Waals surface area contributed by atoms with E-state index in [0.717, 1.165) is 23.6 Å². The van der Waals surface area contributed by atoms with Crippen molar-refractivity contribution >= 4 is 23.3 Å². The Morgan fingerprint density at radius 3 is 2.80 bits per heavy atom. The molecule has 1 aliphatic rings. The number of anilines is 1. The van der Waals surface area contributed by atoms with E-state index in [1.54, 1.807) is 0 Å². The third kappa shape index (κ3) is 2.59. The Balaban J connectivity index is 2.11. The van der Waals surface area contributed by atoms with Gasteiger partial charge in [-0.2, -0.15) is 0 Å². The Kier molecular flexibility index (Phi) is 3.10. The zero-order valence-electron chi connectivity index (χ0n) is 9.27. The van der Waals surface area contributed by atoms with Gasteiger partial charge in [0, 0.05) is 23.7 Å². The molecule has 0 bridgehead atoms. The van der Waals surface area contributed by atoms with E-state index in [9.17, 15) is 4.79 Å². The SMILES string of the molecule is CC(C)N(CC1CC1)c1csc(C=O)c1. The Hall–Kier alpha value is -0.830. The molecule has 0 atom stereocenters. The van der Waals surface area contributed by atoms with Gasteiger partial charge in [-0.1, -0.05) is 0 Å². The van der Waals surface area contributed by atoms with E-state index in [1.807, 2.05) is 6.07 Å². The summed E-state index contributed by atoms with van der Waals surface area (Å²) in [6, 6.07) is 2.51. The second-order valence-electron chi connectivity index (χ2n) is 4.51. The molecule has 1 fully saturated rings. The molecular formula is C12H17NOS. The molecule has 2 nitrogen and oxygen atoms in total.